The molecule has 0 spiro atoms. The first-order valence-corrected chi connectivity index (χ1v) is 6.50. The van der Waals surface area contributed by atoms with Crippen molar-refractivity contribution in [1.82, 2.24) is 10.3 Å². The predicted octanol–water partition coefficient (Wildman–Crippen LogP) is 2.79. The molecule has 1 aromatic rings. The van der Waals surface area contributed by atoms with Gasteiger partial charge in [0.2, 0.25) is 0 Å². The van der Waals surface area contributed by atoms with E-state index < -0.39 is 0 Å². The standard InChI is InChI=1S/C14H22N2/c1-2-16-14(10-12-5-6-12)8-7-13-4-3-9-15-11-13/h3-4,9,11-12,14,16H,2,5-8,10H2,1H3. The molecule has 1 unspecified atom stereocenters. The molecular weight excluding hydrogens is 196 g/mol. The van der Waals surface area contributed by atoms with Gasteiger partial charge >= 0.3 is 0 Å². The maximum Gasteiger partial charge on any atom is 0.0299 e. The Balaban J connectivity index is 1.76. The second-order valence-electron chi connectivity index (χ2n) is 4.83. The molecule has 2 nitrogen and oxygen atoms in total. The SMILES string of the molecule is CCNC(CCc1cccnc1)CC1CC1. The van der Waals surface area contributed by atoms with E-state index in [4.69, 9.17) is 0 Å². The molecule has 0 aromatic carbocycles. The summed E-state index contributed by atoms with van der Waals surface area (Å²) in [5, 5.41) is 3.60. The van der Waals surface area contributed by atoms with E-state index in [0.717, 1.165) is 18.9 Å². The average Bonchev–Trinajstić information content (AvgIpc) is 3.12. The molecule has 1 fully saturated rings. The van der Waals surface area contributed by atoms with Gasteiger partial charge in [0.05, 0.1) is 0 Å². The molecule has 0 radical (unpaired) electrons. The van der Waals surface area contributed by atoms with Gasteiger partial charge in [-0.05, 0) is 43.4 Å². The van der Waals surface area contributed by atoms with E-state index in [1.54, 1.807) is 0 Å². The summed E-state index contributed by atoms with van der Waals surface area (Å²) >= 11 is 0. The second-order valence-corrected chi connectivity index (χ2v) is 4.83. The number of aryl methyl sites for hydroxylation is 1. The number of nitrogens with zero attached hydrogens (tertiary/aromatic N) is 1. The second kappa shape index (κ2) is 6.00. The van der Waals surface area contributed by atoms with Crippen LogP contribution in [-0.2, 0) is 6.42 Å². The number of rotatable bonds is 7. The van der Waals surface area contributed by atoms with Crippen molar-refractivity contribution in [3.8, 4) is 0 Å². The molecule has 1 atom stereocenters. The van der Waals surface area contributed by atoms with Crippen LogP contribution in [0.4, 0.5) is 0 Å². The lowest BCUT2D eigenvalue weighted by atomic mass is 10.0. The van der Waals surface area contributed by atoms with E-state index in [1.165, 1.54) is 31.2 Å². The fourth-order valence-electron chi connectivity index (χ4n) is 2.23. The minimum atomic E-state index is 0.706. The third-order valence-corrected chi connectivity index (χ3v) is 3.31. The molecule has 88 valence electrons. The maximum atomic E-state index is 4.16. The third-order valence-electron chi connectivity index (χ3n) is 3.31. The van der Waals surface area contributed by atoms with Crippen molar-refractivity contribution < 1.29 is 0 Å². The highest BCUT2D eigenvalue weighted by molar-refractivity contribution is 5.08. The van der Waals surface area contributed by atoms with Crippen LogP contribution in [0.3, 0.4) is 0 Å². The van der Waals surface area contributed by atoms with Crippen LogP contribution in [0.25, 0.3) is 0 Å². The van der Waals surface area contributed by atoms with Gasteiger partial charge in [-0.1, -0.05) is 25.8 Å². The van der Waals surface area contributed by atoms with Gasteiger partial charge in [-0.15, -0.1) is 0 Å². The Kier molecular flexibility index (Phi) is 4.34. The van der Waals surface area contributed by atoms with E-state index in [-0.39, 0.29) is 0 Å². The van der Waals surface area contributed by atoms with Crippen LogP contribution in [0.2, 0.25) is 0 Å². The van der Waals surface area contributed by atoms with Crippen molar-refractivity contribution in [3.05, 3.63) is 30.1 Å². The first-order chi connectivity index (χ1) is 7.88. The van der Waals surface area contributed by atoms with Gasteiger partial charge in [0.1, 0.15) is 0 Å². The Hall–Kier alpha value is -0.890. The normalized spacial score (nSPS) is 17.3. The van der Waals surface area contributed by atoms with E-state index in [0.29, 0.717) is 6.04 Å². The fraction of sp³-hybridized carbons (Fsp3) is 0.643. The van der Waals surface area contributed by atoms with Gasteiger partial charge < -0.3 is 5.32 Å². The van der Waals surface area contributed by atoms with E-state index in [9.17, 15) is 0 Å². The van der Waals surface area contributed by atoms with Gasteiger partial charge in [-0.2, -0.15) is 0 Å². The number of hydrogen-bond donors (Lipinski definition) is 1. The molecule has 0 aliphatic heterocycles. The monoisotopic (exact) mass is 218 g/mol. The molecule has 16 heavy (non-hydrogen) atoms. The molecule has 0 saturated heterocycles. The van der Waals surface area contributed by atoms with Crippen molar-refractivity contribution in [2.24, 2.45) is 5.92 Å². The van der Waals surface area contributed by atoms with E-state index in [2.05, 4.69) is 23.3 Å². The van der Waals surface area contributed by atoms with Gasteiger partial charge in [0, 0.05) is 18.4 Å². The van der Waals surface area contributed by atoms with Crippen LogP contribution in [0.1, 0.15) is 38.2 Å². The summed E-state index contributed by atoms with van der Waals surface area (Å²) in [7, 11) is 0. The number of hydrogen-bond acceptors (Lipinski definition) is 2. The van der Waals surface area contributed by atoms with Crippen LogP contribution in [0, 0.1) is 5.92 Å². The molecule has 2 rings (SSSR count). The van der Waals surface area contributed by atoms with Gasteiger partial charge in [-0.3, -0.25) is 4.98 Å². The summed E-state index contributed by atoms with van der Waals surface area (Å²) in [6.45, 7) is 3.29. The maximum absolute atomic E-state index is 4.16. The molecule has 1 aromatic heterocycles. The van der Waals surface area contributed by atoms with Crippen molar-refractivity contribution in [1.29, 1.82) is 0 Å². The zero-order chi connectivity index (χ0) is 11.2. The first-order valence-electron chi connectivity index (χ1n) is 6.50. The first kappa shape index (κ1) is 11.6. The zero-order valence-electron chi connectivity index (χ0n) is 10.2. The third kappa shape index (κ3) is 3.93. The molecule has 1 heterocycles. The minimum Gasteiger partial charge on any atom is -0.314 e. The Morgan fingerprint density at radius 1 is 1.50 bits per heavy atom. The van der Waals surface area contributed by atoms with Crippen LogP contribution in [-0.4, -0.2) is 17.6 Å². The summed E-state index contributed by atoms with van der Waals surface area (Å²) in [6.07, 6.45) is 10.5. The lowest BCUT2D eigenvalue weighted by Crippen LogP contribution is -2.29. The highest BCUT2D eigenvalue weighted by Gasteiger charge is 2.24. The molecule has 2 heteroatoms. The highest BCUT2D eigenvalue weighted by Crippen LogP contribution is 2.34. The summed E-state index contributed by atoms with van der Waals surface area (Å²) in [6, 6.07) is 4.91. The Bertz CT molecular complexity index is 293. The van der Waals surface area contributed by atoms with Crippen molar-refractivity contribution >= 4 is 0 Å². The Labute approximate surface area is 98.5 Å². The van der Waals surface area contributed by atoms with Gasteiger partial charge in [0.15, 0.2) is 0 Å². The molecule has 1 aliphatic carbocycles. The van der Waals surface area contributed by atoms with Gasteiger partial charge in [0.25, 0.3) is 0 Å². The summed E-state index contributed by atoms with van der Waals surface area (Å²) < 4.78 is 0. The number of aromatic nitrogens is 1. The highest BCUT2D eigenvalue weighted by atomic mass is 14.9. The van der Waals surface area contributed by atoms with Crippen molar-refractivity contribution in [3.63, 3.8) is 0 Å². The van der Waals surface area contributed by atoms with Crippen LogP contribution >= 0.6 is 0 Å². The van der Waals surface area contributed by atoms with Gasteiger partial charge in [-0.25, -0.2) is 0 Å². The quantitative estimate of drug-likeness (QED) is 0.761. The number of pyridine rings is 1. The zero-order valence-corrected chi connectivity index (χ0v) is 10.2. The van der Waals surface area contributed by atoms with Crippen LogP contribution in [0.5, 0.6) is 0 Å². The van der Waals surface area contributed by atoms with Crippen molar-refractivity contribution in [2.45, 2.75) is 45.1 Å². The summed E-state index contributed by atoms with van der Waals surface area (Å²) in [4.78, 5) is 4.16. The summed E-state index contributed by atoms with van der Waals surface area (Å²) in [5.74, 6) is 1.01. The molecular formula is C14H22N2. The topological polar surface area (TPSA) is 24.9 Å². The predicted molar refractivity (Wildman–Crippen MR) is 67.4 cm³/mol. The van der Waals surface area contributed by atoms with E-state index >= 15 is 0 Å². The van der Waals surface area contributed by atoms with E-state index in [1.807, 2.05) is 18.5 Å². The molecule has 1 saturated carbocycles. The molecule has 0 amide bonds. The number of nitrogens with one attached hydrogen (secondary N) is 1. The molecule has 1 N–H and O–H groups in total. The smallest absolute Gasteiger partial charge is 0.0299 e. The molecule has 0 bridgehead atoms. The lowest BCUT2D eigenvalue weighted by molar-refractivity contribution is 0.442. The average molecular weight is 218 g/mol. The minimum absolute atomic E-state index is 0.706. The molecule has 1 aliphatic rings. The van der Waals surface area contributed by atoms with Crippen LogP contribution in [0.15, 0.2) is 24.5 Å². The Morgan fingerprint density at radius 3 is 3.00 bits per heavy atom. The largest absolute Gasteiger partial charge is 0.314 e. The van der Waals surface area contributed by atoms with Crippen LogP contribution < -0.4 is 5.32 Å². The lowest BCUT2D eigenvalue weighted by Gasteiger charge is -2.17. The summed E-state index contributed by atoms with van der Waals surface area (Å²) in [5.41, 5.74) is 1.36. The Morgan fingerprint density at radius 2 is 2.38 bits per heavy atom. The fourth-order valence-corrected chi connectivity index (χ4v) is 2.23. The van der Waals surface area contributed by atoms with Crippen molar-refractivity contribution in [2.75, 3.05) is 6.54 Å².